The van der Waals surface area contributed by atoms with Crippen molar-refractivity contribution in [3.63, 3.8) is 0 Å². The Morgan fingerprint density at radius 2 is 2.00 bits per heavy atom. The van der Waals surface area contributed by atoms with Crippen molar-refractivity contribution in [2.75, 3.05) is 6.79 Å². The molecule has 2 aromatic rings. The molecule has 0 saturated heterocycles. The van der Waals surface area contributed by atoms with E-state index < -0.39 is 11.6 Å². The van der Waals surface area contributed by atoms with Gasteiger partial charge in [-0.2, -0.15) is 5.26 Å². The molecule has 1 heterocycles. The van der Waals surface area contributed by atoms with Gasteiger partial charge in [0.15, 0.2) is 11.5 Å². The maximum absolute atomic E-state index is 12.9. The van der Waals surface area contributed by atoms with Crippen LogP contribution in [0.3, 0.4) is 0 Å². The number of carbonyl (C=O) groups is 1. The highest BCUT2D eigenvalue weighted by molar-refractivity contribution is 9.10. The molecule has 0 spiro atoms. The van der Waals surface area contributed by atoms with Crippen molar-refractivity contribution < 1.29 is 18.7 Å². The summed E-state index contributed by atoms with van der Waals surface area (Å²) in [7, 11) is 0. The number of hydrogen-bond donors (Lipinski definition) is 0. The van der Waals surface area contributed by atoms with E-state index in [0.717, 1.165) is 0 Å². The van der Waals surface area contributed by atoms with Crippen LogP contribution in [0.4, 0.5) is 4.39 Å². The van der Waals surface area contributed by atoms with Gasteiger partial charge in [0.25, 0.3) is 0 Å². The van der Waals surface area contributed by atoms with E-state index in [-0.39, 0.29) is 17.9 Å². The van der Waals surface area contributed by atoms with Gasteiger partial charge in [-0.25, -0.2) is 4.39 Å². The number of rotatable bonds is 3. The Labute approximate surface area is 139 Å². The van der Waals surface area contributed by atoms with Gasteiger partial charge in [0.2, 0.25) is 12.6 Å². The predicted octanol–water partition coefficient (Wildman–Crippen LogP) is 4.11. The summed E-state index contributed by atoms with van der Waals surface area (Å²) in [5, 5.41) is 9.26. The second-order valence-corrected chi connectivity index (χ2v) is 5.60. The van der Waals surface area contributed by atoms with Gasteiger partial charge in [0.1, 0.15) is 17.5 Å². The van der Waals surface area contributed by atoms with Crippen molar-refractivity contribution in [1.82, 2.24) is 0 Å². The third-order valence-corrected chi connectivity index (χ3v) is 3.82. The summed E-state index contributed by atoms with van der Waals surface area (Å²) in [4.78, 5) is 12.3. The number of Topliss-reactive ketones (excluding diaryl/α,β-unsaturated/α-hetero) is 1. The number of allylic oxidation sites excluding steroid dienone is 1. The van der Waals surface area contributed by atoms with Gasteiger partial charge in [0, 0.05) is 5.56 Å². The molecule has 2 aromatic carbocycles. The Kier molecular flexibility index (Phi) is 4.13. The first-order valence-electron chi connectivity index (χ1n) is 6.59. The highest BCUT2D eigenvalue weighted by Gasteiger charge is 2.18. The lowest BCUT2D eigenvalue weighted by Gasteiger charge is -2.03. The van der Waals surface area contributed by atoms with Crippen molar-refractivity contribution in [3.05, 3.63) is 63.4 Å². The predicted molar refractivity (Wildman–Crippen MR) is 84.6 cm³/mol. The third-order valence-electron chi connectivity index (χ3n) is 3.23. The van der Waals surface area contributed by atoms with Crippen LogP contribution in [0.2, 0.25) is 0 Å². The molecular formula is C17H9BrFNO3. The summed E-state index contributed by atoms with van der Waals surface area (Å²) >= 11 is 3.36. The van der Waals surface area contributed by atoms with Crippen LogP contribution in [0, 0.1) is 17.1 Å². The van der Waals surface area contributed by atoms with E-state index in [1.807, 2.05) is 6.07 Å². The van der Waals surface area contributed by atoms with Gasteiger partial charge in [-0.3, -0.25) is 4.79 Å². The summed E-state index contributed by atoms with van der Waals surface area (Å²) in [5.41, 5.74) is 0.814. The van der Waals surface area contributed by atoms with E-state index in [4.69, 9.17) is 9.47 Å². The van der Waals surface area contributed by atoms with Crippen molar-refractivity contribution in [2.45, 2.75) is 0 Å². The largest absolute Gasteiger partial charge is 0.454 e. The maximum Gasteiger partial charge on any atom is 0.231 e. The molecule has 4 nitrogen and oxygen atoms in total. The zero-order chi connectivity index (χ0) is 16.4. The Hall–Kier alpha value is -2.65. The Morgan fingerprint density at radius 1 is 1.26 bits per heavy atom. The number of nitriles is 1. The van der Waals surface area contributed by atoms with Crippen molar-refractivity contribution in [3.8, 4) is 17.6 Å². The molecule has 0 N–H and O–H groups in total. The second kappa shape index (κ2) is 6.23. The lowest BCUT2D eigenvalue weighted by molar-refractivity contribution is 0.104. The third kappa shape index (κ3) is 3.10. The van der Waals surface area contributed by atoms with E-state index in [2.05, 4.69) is 15.9 Å². The molecule has 3 rings (SSSR count). The molecule has 0 aromatic heterocycles. The van der Waals surface area contributed by atoms with E-state index in [9.17, 15) is 14.4 Å². The molecule has 6 heteroatoms. The standard InChI is InChI=1S/C17H9BrFNO3/c18-14-6-10(7-15-17(14)23-9-22-15)5-12(8-20)16(21)11-1-3-13(19)4-2-11/h1-7H,9H2/b12-5+. The molecule has 1 aliphatic heterocycles. The van der Waals surface area contributed by atoms with Gasteiger partial charge in [-0.05, 0) is 64.0 Å². The van der Waals surface area contributed by atoms with Crippen LogP contribution in [-0.4, -0.2) is 12.6 Å². The van der Waals surface area contributed by atoms with E-state index >= 15 is 0 Å². The average molecular weight is 374 g/mol. The fourth-order valence-corrected chi connectivity index (χ4v) is 2.72. The summed E-state index contributed by atoms with van der Waals surface area (Å²) in [5.74, 6) is 0.215. The first kappa shape index (κ1) is 15.3. The molecule has 0 radical (unpaired) electrons. The smallest absolute Gasteiger partial charge is 0.231 e. The number of fused-ring (bicyclic) bond motifs is 1. The molecule has 0 saturated carbocycles. The van der Waals surface area contributed by atoms with E-state index in [0.29, 0.717) is 21.5 Å². The average Bonchev–Trinajstić information content (AvgIpc) is 3.02. The molecule has 0 aliphatic carbocycles. The van der Waals surface area contributed by atoms with Gasteiger partial charge < -0.3 is 9.47 Å². The van der Waals surface area contributed by atoms with Crippen LogP contribution in [0.25, 0.3) is 6.08 Å². The Bertz CT molecular complexity index is 853. The molecule has 0 amide bonds. The summed E-state index contributed by atoms with van der Waals surface area (Å²) in [6.45, 7) is 0.126. The van der Waals surface area contributed by atoms with Crippen LogP contribution in [0.5, 0.6) is 11.5 Å². The van der Waals surface area contributed by atoms with Gasteiger partial charge in [0.05, 0.1) is 4.47 Å². The summed E-state index contributed by atoms with van der Waals surface area (Å²) in [6.07, 6.45) is 1.46. The van der Waals surface area contributed by atoms with Crippen LogP contribution >= 0.6 is 15.9 Å². The van der Waals surface area contributed by atoms with Crippen molar-refractivity contribution in [1.29, 1.82) is 5.26 Å². The number of benzene rings is 2. The number of ketones is 1. The molecular weight excluding hydrogens is 365 g/mol. The minimum atomic E-state index is -0.471. The fraction of sp³-hybridized carbons (Fsp3) is 0.0588. The van der Waals surface area contributed by atoms with Crippen LogP contribution in [0.15, 0.2) is 46.4 Å². The molecule has 114 valence electrons. The SMILES string of the molecule is N#C/C(=C\c1cc(Br)c2c(c1)OCO2)C(=O)c1ccc(F)cc1. The van der Waals surface area contributed by atoms with Crippen LogP contribution < -0.4 is 9.47 Å². The summed E-state index contributed by atoms with van der Waals surface area (Å²) in [6, 6.07) is 10.3. The topological polar surface area (TPSA) is 59.3 Å². The highest BCUT2D eigenvalue weighted by atomic mass is 79.9. The Morgan fingerprint density at radius 3 is 2.70 bits per heavy atom. The lowest BCUT2D eigenvalue weighted by atomic mass is 10.0. The quantitative estimate of drug-likeness (QED) is 0.461. The maximum atomic E-state index is 12.9. The summed E-state index contributed by atoms with van der Waals surface area (Å²) < 4.78 is 24.2. The molecule has 0 unspecified atom stereocenters. The first-order chi connectivity index (χ1) is 11.1. The zero-order valence-electron chi connectivity index (χ0n) is 11.7. The monoisotopic (exact) mass is 373 g/mol. The number of hydrogen-bond acceptors (Lipinski definition) is 4. The lowest BCUT2D eigenvalue weighted by Crippen LogP contribution is -2.01. The highest BCUT2D eigenvalue weighted by Crippen LogP contribution is 2.40. The number of ether oxygens (including phenoxy) is 2. The number of carbonyl (C=O) groups excluding carboxylic acids is 1. The van der Waals surface area contributed by atoms with E-state index in [1.54, 1.807) is 12.1 Å². The molecule has 1 aliphatic rings. The van der Waals surface area contributed by atoms with Crippen LogP contribution in [-0.2, 0) is 0 Å². The zero-order valence-corrected chi connectivity index (χ0v) is 13.3. The van der Waals surface area contributed by atoms with Gasteiger partial charge in [-0.1, -0.05) is 0 Å². The van der Waals surface area contributed by atoms with Crippen molar-refractivity contribution >= 4 is 27.8 Å². The normalized spacial score (nSPS) is 12.8. The molecule has 0 fully saturated rings. The van der Waals surface area contributed by atoms with E-state index in [1.165, 1.54) is 30.3 Å². The minimum absolute atomic E-state index is 0.0534. The number of nitrogens with zero attached hydrogens (tertiary/aromatic N) is 1. The van der Waals surface area contributed by atoms with Gasteiger partial charge >= 0.3 is 0 Å². The molecule has 0 bridgehead atoms. The Balaban J connectivity index is 1.96. The second-order valence-electron chi connectivity index (χ2n) is 4.74. The molecule has 0 atom stereocenters. The van der Waals surface area contributed by atoms with Crippen molar-refractivity contribution in [2.24, 2.45) is 0 Å². The minimum Gasteiger partial charge on any atom is -0.454 e. The first-order valence-corrected chi connectivity index (χ1v) is 7.39. The van der Waals surface area contributed by atoms with Crippen LogP contribution in [0.1, 0.15) is 15.9 Å². The number of halogens is 2. The molecule has 23 heavy (non-hydrogen) atoms. The fourth-order valence-electron chi connectivity index (χ4n) is 2.14. The van der Waals surface area contributed by atoms with Gasteiger partial charge in [-0.15, -0.1) is 0 Å².